The van der Waals surface area contributed by atoms with Crippen LogP contribution in [0.4, 0.5) is 0 Å². The van der Waals surface area contributed by atoms with Crippen molar-refractivity contribution in [3.8, 4) is 17.2 Å². The van der Waals surface area contributed by atoms with Crippen molar-refractivity contribution in [3.63, 3.8) is 0 Å². The van der Waals surface area contributed by atoms with Crippen LogP contribution in [0.25, 0.3) is 0 Å². The Morgan fingerprint density at radius 1 is 0.946 bits per heavy atom. The van der Waals surface area contributed by atoms with Crippen LogP contribution in [0.2, 0.25) is 0 Å². The number of rotatable bonds is 7. The molecule has 0 saturated carbocycles. The zero-order valence-corrected chi connectivity index (χ0v) is 32.8. The van der Waals surface area contributed by atoms with Gasteiger partial charge < -0.3 is 68.3 Å². The highest BCUT2D eigenvalue weighted by Gasteiger charge is 2.60. The van der Waals surface area contributed by atoms with Crippen molar-refractivity contribution >= 4 is 17.5 Å². The second-order valence-corrected chi connectivity index (χ2v) is 16.0. The van der Waals surface area contributed by atoms with Gasteiger partial charge in [-0.1, -0.05) is 0 Å². The number of benzene rings is 2. The lowest BCUT2D eigenvalue weighted by Crippen LogP contribution is -2.68. The summed E-state index contributed by atoms with van der Waals surface area (Å²) in [5.41, 5.74) is -6.55. The highest BCUT2D eigenvalue weighted by molar-refractivity contribution is 6.31. The fourth-order valence-corrected chi connectivity index (χ4v) is 9.68. The third kappa shape index (κ3) is 5.47. The van der Waals surface area contributed by atoms with E-state index in [2.05, 4.69) is 0 Å². The van der Waals surface area contributed by atoms with Crippen molar-refractivity contribution in [1.29, 1.82) is 0 Å². The van der Waals surface area contributed by atoms with Gasteiger partial charge in [-0.05, 0) is 59.5 Å². The molecule has 5 aliphatic rings. The molecule has 3 heterocycles. The van der Waals surface area contributed by atoms with Gasteiger partial charge in [0.25, 0.3) is 0 Å². The lowest BCUT2D eigenvalue weighted by molar-refractivity contribution is -0.345. The predicted octanol–water partition coefficient (Wildman–Crippen LogP) is 1.14. The van der Waals surface area contributed by atoms with Gasteiger partial charge in [-0.2, -0.15) is 0 Å². The molecule has 7 rings (SSSR count). The summed E-state index contributed by atoms with van der Waals surface area (Å²) in [4.78, 5) is 44.4. The van der Waals surface area contributed by atoms with Crippen molar-refractivity contribution < 1.29 is 77.8 Å². The van der Waals surface area contributed by atoms with E-state index in [1.165, 1.54) is 41.2 Å². The molecule has 2 aliphatic carbocycles. The maximum absolute atomic E-state index is 14.8. The molecule has 0 radical (unpaired) electrons. The molecule has 3 aliphatic heterocycles. The van der Waals surface area contributed by atoms with Gasteiger partial charge in [0.1, 0.15) is 58.8 Å². The first-order valence-corrected chi connectivity index (χ1v) is 18.2. The Hall–Kier alpha value is -3.75. The second kappa shape index (κ2) is 13.7. The first-order chi connectivity index (χ1) is 26.2. The van der Waals surface area contributed by atoms with E-state index >= 15 is 0 Å². The van der Waals surface area contributed by atoms with E-state index < -0.39 is 124 Å². The van der Waals surface area contributed by atoms with Crippen LogP contribution in [0.15, 0.2) is 12.1 Å². The molecule has 10 unspecified atom stereocenters. The smallest absolute Gasteiger partial charge is 0.316 e. The molecule has 56 heavy (non-hydrogen) atoms. The SMILES string of the molecule is COC(=O)C1c2cc3c(c(O)c2C(OC2OC(C)C(OC)[C@@](C)(OC)C2OC)C[C@]1(C)O)C(=O)c1c(O)cc2c(c1C3=O)OC1O[C@@]2(C)C(O)C(N(C)C)C1O. The Morgan fingerprint density at radius 2 is 1.61 bits per heavy atom. The van der Waals surface area contributed by atoms with Gasteiger partial charge in [-0.15, -0.1) is 0 Å². The Labute approximate surface area is 322 Å². The van der Waals surface area contributed by atoms with E-state index in [1.807, 2.05) is 0 Å². The zero-order chi connectivity index (χ0) is 41.1. The first kappa shape index (κ1) is 40.4. The summed E-state index contributed by atoms with van der Waals surface area (Å²) in [7, 11) is 8.84. The van der Waals surface area contributed by atoms with E-state index in [0.717, 1.165) is 13.2 Å². The molecule has 2 bridgehead atoms. The van der Waals surface area contributed by atoms with Crippen LogP contribution in [-0.4, -0.2) is 151 Å². The number of likely N-dealkylation sites (N-methyl/N-ethyl adjacent to an activating group) is 1. The van der Waals surface area contributed by atoms with Crippen LogP contribution in [-0.2, 0) is 43.6 Å². The third-order valence-electron chi connectivity index (χ3n) is 12.5. The number of aliphatic hydroxyl groups excluding tert-OH is 2. The summed E-state index contributed by atoms with van der Waals surface area (Å²) in [6, 6.07) is 1.50. The Morgan fingerprint density at radius 3 is 2.20 bits per heavy atom. The number of ether oxygens (including phenoxy) is 8. The predicted molar refractivity (Wildman–Crippen MR) is 191 cm³/mol. The number of phenols is 2. The Balaban J connectivity index is 1.40. The number of nitrogens with zero attached hydrogens (tertiary/aromatic N) is 1. The summed E-state index contributed by atoms with van der Waals surface area (Å²) >= 11 is 0. The average Bonchev–Trinajstić information content (AvgIpc) is 3.12. The molecule has 2 aromatic carbocycles. The van der Waals surface area contributed by atoms with Crippen LogP contribution in [0.1, 0.15) is 94.7 Å². The molecule has 13 atom stereocenters. The Kier molecular flexibility index (Phi) is 9.88. The molecule has 306 valence electrons. The number of carbonyl (C=O) groups excluding carboxylic acids is 3. The molecule has 2 fully saturated rings. The molecule has 2 aromatic rings. The molecule has 2 saturated heterocycles. The standard InChI is InChI=1S/C39H49NO16/c1-14-32(49-7)39(4,52-10)33(50-8)36(53-14)54-19-13-37(2,48)24(34(47)51-9)15-11-16-21(27(43)20(15)19)28(44)22-18(41)12-17-30(23(22)26(16)42)55-35-29(45)25(40(5)6)31(46)38(17,3)56-35/h11-12,14,19,24-25,29,31-33,35-36,41,43,45-46,48H,13H2,1-10H3/t14?,19?,24?,25?,29?,31?,32?,33?,35?,36?,37-,38+,39+/m0/s1. The van der Waals surface area contributed by atoms with E-state index in [0.29, 0.717) is 0 Å². The maximum Gasteiger partial charge on any atom is 0.316 e. The van der Waals surface area contributed by atoms with E-state index in [4.69, 9.17) is 37.9 Å². The van der Waals surface area contributed by atoms with Gasteiger partial charge in [0, 0.05) is 44.4 Å². The van der Waals surface area contributed by atoms with E-state index in [-0.39, 0.29) is 34.4 Å². The molecule has 17 heteroatoms. The van der Waals surface area contributed by atoms with Crippen LogP contribution < -0.4 is 4.74 Å². The number of ketones is 2. The monoisotopic (exact) mass is 787 g/mol. The number of aromatic hydroxyl groups is 2. The fraction of sp³-hybridized carbons (Fsp3) is 0.615. The number of aliphatic hydroxyl groups is 3. The van der Waals surface area contributed by atoms with Crippen molar-refractivity contribution in [2.75, 3.05) is 42.5 Å². The molecule has 17 nitrogen and oxygen atoms in total. The number of esters is 1. The lowest BCUT2D eigenvalue weighted by Gasteiger charge is -2.53. The second-order valence-electron chi connectivity index (χ2n) is 16.0. The summed E-state index contributed by atoms with van der Waals surface area (Å²) < 4.78 is 47.4. The maximum atomic E-state index is 14.8. The summed E-state index contributed by atoms with van der Waals surface area (Å²) in [6.07, 6.45) is -9.16. The lowest BCUT2D eigenvalue weighted by atomic mass is 9.68. The topological polar surface area (TPSA) is 229 Å². The molecular formula is C39H49NO16. The summed E-state index contributed by atoms with van der Waals surface area (Å²) in [5, 5.41) is 58.3. The molecule has 0 aromatic heterocycles. The van der Waals surface area contributed by atoms with E-state index in [1.54, 1.807) is 32.8 Å². The van der Waals surface area contributed by atoms with Gasteiger partial charge in [0.15, 0.2) is 12.1 Å². The highest BCUT2D eigenvalue weighted by Crippen LogP contribution is 2.56. The fourth-order valence-electron chi connectivity index (χ4n) is 9.68. The van der Waals surface area contributed by atoms with Crippen LogP contribution in [0.3, 0.4) is 0 Å². The number of phenolic OH excluding ortho intramolecular Hbond substituents is 2. The van der Waals surface area contributed by atoms with Crippen molar-refractivity contribution in [2.45, 2.75) is 112 Å². The number of fused-ring (bicyclic) bond motifs is 8. The van der Waals surface area contributed by atoms with Gasteiger partial charge in [-0.3, -0.25) is 14.4 Å². The van der Waals surface area contributed by atoms with Gasteiger partial charge in [0.05, 0.1) is 47.7 Å². The number of hydrogen-bond donors (Lipinski definition) is 5. The zero-order valence-electron chi connectivity index (χ0n) is 32.8. The minimum absolute atomic E-state index is 0.0417. The minimum atomic E-state index is -1.91. The van der Waals surface area contributed by atoms with Gasteiger partial charge >= 0.3 is 5.97 Å². The minimum Gasteiger partial charge on any atom is -0.507 e. The molecular weight excluding hydrogens is 738 g/mol. The normalized spacial score (nSPS) is 38.6. The number of hydrogen-bond acceptors (Lipinski definition) is 17. The van der Waals surface area contributed by atoms with Crippen molar-refractivity contribution in [2.24, 2.45) is 0 Å². The molecule has 0 amide bonds. The van der Waals surface area contributed by atoms with Crippen molar-refractivity contribution in [1.82, 2.24) is 4.90 Å². The average molecular weight is 788 g/mol. The number of methoxy groups -OCH3 is 4. The highest BCUT2D eigenvalue weighted by atomic mass is 16.7. The van der Waals surface area contributed by atoms with Crippen LogP contribution in [0, 0.1) is 0 Å². The number of carbonyl (C=O) groups is 3. The van der Waals surface area contributed by atoms with Crippen molar-refractivity contribution in [3.05, 3.63) is 51.1 Å². The largest absolute Gasteiger partial charge is 0.507 e. The van der Waals surface area contributed by atoms with Crippen LogP contribution in [0.5, 0.6) is 17.2 Å². The molecule has 5 N–H and O–H groups in total. The molecule has 0 spiro atoms. The summed E-state index contributed by atoms with van der Waals surface area (Å²) in [6.45, 7) is 6.40. The van der Waals surface area contributed by atoms with E-state index in [9.17, 15) is 39.9 Å². The van der Waals surface area contributed by atoms with Crippen LogP contribution >= 0.6 is 0 Å². The Bertz CT molecular complexity index is 1980. The third-order valence-corrected chi connectivity index (χ3v) is 12.5. The summed E-state index contributed by atoms with van der Waals surface area (Å²) in [5.74, 6) is -5.85. The first-order valence-electron chi connectivity index (χ1n) is 18.2. The van der Waals surface area contributed by atoms with Gasteiger partial charge in [0.2, 0.25) is 12.1 Å². The van der Waals surface area contributed by atoms with Gasteiger partial charge in [-0.25, -0.2) is 0 Å². The quantitative estimate of drug-likeness (QED) is 0.212.